The van der Waals surface area contributed by atoms with Crippen molar-refractivity contribution in [1.29, 1.82) is 0 Å². The van der Waals surface area contributed by atoms with Gasteiger partial charge >= 0.3 is 6.03 Å². The highest BCUT2D eigenvalue weighted by molar-refractivity contribution is 9.10. The third kappa shape index (κ3) is 6.90. The van der Waals surface area contributed by atoms with E-state index < -0.39 is 11.0 Å². The number of urea groups is 1. The third-order valence-corrected chi connectivity index (χ3v) is 9.21. The molecule has 10 nitrogen and oxygen atoms in total. The minimum Gasteiger partial charge on any atom is -0.494 e. The van der Waals surface area contributed by atoms with Crippen molar-refractivity contribution >= 4 is 45.7 Å². The quantitative estimate of drug-likeness (QED) is 0.133. The van der Waals surface area contributed by atoms with E-state index in [1.54, 1.807) is 30.3 Å². The van der Waals surface area contributed by atoms with E-state index in [4.69, 9.17) is 9.47 Å². The standard InChI is InChI=1S/C28H31BrN4O6S/c29-19-8-6-17(7-9-19)27-22(33(36)37)15-18-14-20(10-11-23(18)39-27)38-13-3-12-30-25(34)5-2-1-4-24-26-21(16-40-24)31-28(35)32-26/h6-11,14-15,21,24,26-27H,1-5,12-13,16H2,(H,30,34)(H2,31,32,35)/t21-,24?,26-,27?/m0/s1. The number of amides is 3. The van der Waals surface area contributed by atoms with Crippen LogP contribution in [-0.4, -0.2) is 53.1 Å². The smallest absolute Gasteiger partial charge is 0.315 e. The summed E-state index contributed by atoms with van der Waals surface area (Å²) in [7, 11) is 0. The molecule has 0 spiro atoms. The van der Waals surface area contributed by atoms with Crippen molar-refractivity contribution < 1.29 is 24.0 Å². The SMILES string of the molecule is O=C(CCCCC1SC[C@@H]2NC(=O)N[C@H]12)NCCCOc1ccc2c(c1)C=C([N+](=O)[O-])C(c1ccc(Br)cc1)O2. The molecule has 2 unspecified atom stereocenters. The number of nitrogens with zero attached hydrogens (tertiary/aromatic N) is 1. The molecule has 0 aliphatic carbocycles. The number of nitro groups is 1. The molecule has 3 aliphatic rings. The first-order valence-corrected chi connectivity index (χ1v) is 15.2. The van der Waals surface area contributed by atoms with Gasteiger partial charge in [-0.2, -0.15) is 11.8 Å². The van der Waals surface area contributed by atoms with E-state index in [0.717, 1.165) is 29.5 Å². The van der Waals surface area contributed by atoms with Crippen LogP contribution in [0.3, 0.4) is 0 Å². The Morgan fingerprint density at radius 1 is 1.18 bits per heavy atom. The normalized spacial score (nSPS) is 22.7. The molecule has 2 aromatic rings. The van der Waals surface area contributed by atoms with Crippen molar-refractivity contribution in [2.24, 2.45) is 0 Å². The fourth-order valence-corrected chi connectivity index (χ4v) is 6.94. The zero-order chi connectivity index (χ0) is 28.1. The lowest BCUT2D eigenvalue weighted by atomic mass is 10.0. The van der Waals surface area contributed by atoms with Gasteiger partial charge in [-0.05, 0) is 49.6 Å². The van der Waals surface area contributed by atoms with Gasteiger partial charge in [-0.3, -0.25) is 14.9 Å². The first kappa shape index (κ1) is 28.3. The molecule has 0 aromatic heterocycles. The average Bonchev–Trinajstić information content (AvgIpc) is 3.49. The van der Waals surface area contributed by atoms with Crippen LogP contribution in [0.25, 0.3) is 6.08 Å². The number of thioether (sulfide) groups is 1. The van der Waals surface area contributed by atoms with Gasteiger partial charge in [0.15, 0.2) is 0 Å². The van der Waals surface area contributed by atoms with E-state index in [1.165, 1.54) is 6.08 Å². The number of carbonyl (C=O) groups is 2. The summed E-state index contributed by atoms with van der Waals surface area (Å²) >= 11 is 5.27. The number of carbonyl (C=O) groups excluding carboxylic acids is 2. The number of halogens is 1. The molecular formula is C28H31BrN4O6S. The summed E-state index contributed by atoms with van der Waals surface area (Å²) in [5, 5.41) is 21.0. The van der Waals surface area contributed by atoms with Gasteiger partial charge in [0, 0.05) is 45.6 Å². The molecule has 40 heavy (non-hydrogen) atoms. The van der Waals surface area contributed by atoms with Gasteiger partial charge in [-0.1, -0.05) is 34.5 Å². The number of hydrogen-bond acceptors (Lipinski definition) is 7. The van der Waals surface area contributed by atoms with E-state index >= 15 is 0 Å². The summed E-state index contributed by atoms with van der Waals surface area (Å²) in [4.78, 5) is 35.0. The molecule has 3 amide bonds. The van der Waals surface area contributed by atoms with E-state index in [9.17, 15) is 19.7 Å². The van der Waals surface area contributed by atoms with Crippen LogP contribution in [0.1, 0.15) is 49.3 Å². The van der Waals surface area contributed by atoms with Crippen molar-refractivity contribution in [3.8, 4) is 11.5 Å². The van der Waals surface area contributed by atoms with E-state index in [-0.39, 0.29) is 29.7 Å². The van der Waals surface area contributed by atoms with Crippen molar-refractivity contribution in [3.05, 3.63) is 73.9 Å². The highest BCUT2D eigenvalue weighted by atomic mass is 79.9. The number of rotatable bonds is 12. The Morgan fingerprint density at radius 3 is 2.80 bits per heavy atom. The van der Waals surface area contributed by atoms with Gasteiger partial charge in [0.2, 0.25) is 12.0 Å². The van der Waals surface area contributed by atoms with Crippen LogP contribution >= 0.6 is 27.7 Å². The summed E-state index contributed by atoms with van der Waals surface area (Å²) in [5.41, 5.74) is 1.24. The summed E-state index contributed by atoms with van der Waals surface area (Å²) in [6, 6.07) is 12.9. The van der Waals surface area contributed by atoms with Crippen molar-refractivity contribution in [2.45, 2.75) is 55.5 Å². The third-order valence-electron chi connectivity index (χ3n) is 7.17. The summed E-state index contributed by atoms with van der Waals surface area (Å²) in [6.45, 7) is 0.904. The predicted octanol–water partition coefficient (Wildman–Crippen LogP) is 4.81. The lowest BCUT2D eigenvalue weighted by Gasteiger charge is -2.23. The fourth-order valence-electron chi connectivity index (χ4n) is 5.14. The molecule has 2 aromatic carbocycles. The van der Waals surface area contributed by atoms with Gasteiger partial charge in [0.05, 0.1) is 23.6 Å². The molecule has 2 fully saturated rings. The number of ether oxygens (including phenoxy) is 2. The zero-order valence-electron chi connectivity index (χ0n) is 21.8. The molecule has 2 saturated heterocycles. The number of nitrogens with one attached hydrogen (secondary N) is 3. The van der Waals surface area contributed by atoms with Gasteiger partial charge in [0.1, 0.15) is 11.5 Å². The fraction of sp³-hybridized carbons (Fsp3) is 0.429. The molecule has 0 bridgehead atoms. The summed E-state index contributed by atoms with van der Waals surface area (Å²) < 4.78 is 12.7. The van der Waals surface area contributed by atoms with Crippen LogP contribution in [0.5, 0.6) is 11.5 Å². The van der Waals surface area contributed by atoms with E-state index in [2.05, 4.69) is 31.9 Å². The van der Waals surface area contributed by atoms with Crippen molar-refractivity contribution in [1.82, 2.24) is 16.0 Å². The van der Waals surface area contributed by atoms with Crippen molar-refractivity contribution in [3.63, 3.8) is 0 Å². The maximum Gasteiger partial charge on any atom is 0.315 e. The van der Waals surface area contributed by atoms with Gasteiger partial charge in [-0.25, -0.2) is 4.79 Å². The number of hydrogen-bond donors (Lipinski definition) is 3. The van der Waals surface area contributed by atoms with Crippen molar-refractivity contribution in [2.75, 3.05) is 18.9 Å². The Hall–Kier alpha value is -3.25. The number of fused-ring (bicyclic) bond motifs is 2. The van der Waals surface area contributed by atoms with E-state index in [0.29, 0.717) is 53.9 Å². The molecule has 212 valence electrons. The van der Waals surface area contributed by atoms with Gasteiger partial charge in [0.25, 0.3) is 5.70 Å². The number of benzene rings is 2. The highest BCUT2D eigenvalue weighted by Crippen LogP contribution is 2.39. The second-order valence-corrected chi connectivity index (χ2v) is 12.2. The summed E-state index contributed by atoms with van der Waals surface area (Å²) in [5.74, 6) is 2.10. The molecule has 12 heteroatoms. The maximum atomic E-state index is 12.2. The minimum absolute atomic E-state index is 0.0245. The molecule has 4 atom stereocenters. The highest BCUT2D eigenvalue weighted by Gasteiger charge is 2.42. The Labute approximate surface area is 244 Å². The molecular weight excluding hydrogens is 600 g/mol. The molecule has 5 rings (SSSR count). The first-order valence-electron chi connectivity index (χ1n) is 13.4. The maximum absolute atomic E-state index is 12.2. The van der Waals surface area contributed by atoms with Gasteiger partial charge < -0.3 is 25.4 Å². The Kier molecular flexibility index (Phi) is 9.15. The summed E-state index contributed by atoms with van der Waals surface area (Å²) in [6.07, 6.45) is 4.60. The molecule has 0 saturated carbocycles. The molecule has 0 radical (unpaired) electrons. The average molecular weight is 632 g/mol. The molecule has 3 N–H and O–H groups in total. The lowest BCUT2D eigenvalue weighted by Crippen LogP contribution is -2.36. The van der Waals surface area contributed by atoms with E-state index in [1.807, 2.05) is 23.9 Å². The molecule has 3 heterocycles. The first-order chi connectivity index (χ1) is 19.4. The minimum atomic E-state index is -0.799. The van der Waals surface area contributed by atoms with Crippen LogP contribution in [0.15, 0.2) is 52.6 Å². The van der Waals surface area contributed by atoms with Crippen LogP contribution < -0.4 is 25.4 Å². The topological polar surface area (TPSA) is 132 Å². The van der Waals surface area contributed by atoms with Crippen LogP contribution in [-0.2, 0) is 4.79 Å². The Balaban J connectivity index is 1.01. The van der Waals surface area contributed by atoms with Gasteiger partial charge in [-0.15, -0.1) is 0 Å². The Morgan fingerprint density at radius 2 is 2.00 bits per heavy atom. The van der Waals surface area contributed by atoms with Crippen LogP contribution in [0.4, 0.5) is 4.79 Å². The zero-order valence-corrected chi connectivity index (χ0v) is 24.2. The predicted molar refractivity (Wildman–Crippen MR) is 156 cm³/mol. The Bertz CT molecular complexity index is 1290. The molecule has 3 aliphatic heterocycles. The number of unbranched alkanes of at least 4 members (excludes halogenated alkanes) is 1. The monoisotopic (exact) mass is 630 g/mol. The van der Waals surface area contributed by atoms with Crippen LogP contribution in [0, 0.1) is 10.1 Å². The lowest BCUT2D eigenvalue weighted by molar-refractivity contribution is -0.434. The largest absolute Gasteiger partial charge is 0.494 e. The second kappa shape index (κ2) is 12.9. The second-order valence-electron chi connectivity index (χ2n) is 9.99. The van der Waals surface area contributed by atoms with Crippen LogP contribution in [0.2, 0.25) is 0 Å².